The summed E-state index contributed by atoms with van der Waals surface area (Å²) in [5, 5.41) is 14.5. The molecule has 1 saturated carbocycles. The number of methoxy groups -OCH3 is 1. The minimum absolute atomic E-state index is 0.0549. The number of hydrogen-bond acceptors (Lipinski definition) is 6. The van der Waals surface area contributed by atoms with Gasteiger partial charge in [-0.3, -0.25) is 4.98 Å². The highest BCUT2D eigenvalue weighted by Gasteiger charge is 2.54. The fourth-order valence-corrected chi connectivity index (χ4v) is 9.15. The molecule has 4 aromatic rings. The van der Waals surface area contributed by atoms with E-state index in [4.69, 9.17) is 30.8 Å². The molecule has 1 heterocycles. The first-order valence-corrected chi connectivity index (χ1v) is 18.3. The maximum absolute atomic E-state index is 12.8. The number of pyridine rings is 1. The Kier molecular flexibility index (Phi) is 9.82. The van der Waals surface area contributed by atoms with Crippen molar-refractivity contribution in [2.45, 2.75) is 88.4 Å². The predicted octanol–water partition coefficient (Wildman–Crippen LogP) is 9.53. The average Bonchev–Trinajstić information content (AvgIpc) is 3.61. The van der Waals surface area contributed by atoms with Crippen molar-refractivity contribution in [3.63, 3.8) is 0 Å². The minimum Gasteiger partial charge on any atom is -0.497 e. The van der Waals surface area contributed by atoms with Crippen LogP contribution >= 0.6 is 11.6 Å². The number of rotatable bonds is 12. The van der Waals surface area contributed by atoms with E-state index in [2.05, 4.69) is 43.4 Å². The molecule has 7 nitrogen and oxygen atoms in total. The van der Waals surface area contributed by atoms with E-state index in [-0.39, 0.29) is 17.4 Å². The van der Waals surface area contributed by atoms with Crippen molar-refractivity contribution in [2.24, 2.45) is 11.8 Å². The lowest BCUT2D eigenvalue weighted by Gasteiger charge is -2.47. The highest BCUT2D eigenvalue weighted by atomic mass is 35.5. The van der Waals surface area contributed by atoms with Gasteiger partial charge in [0.25, 0.3) is 0 Å². The monoisotopic (exact) mass is 694 g/mol. The molecule has 7 rings (SSSR count). The average molecular weight is 695 g/mol. The molecule has 0 saturated heterocycles. The lowest BCUT2D eigenvalue weighted by molar-refractivity contribution is -0.144. The number of aliphatic carboxylic acids is 1. The summed E-state index contributed by atoms with van der Waals surface area (Å²) in [5.41, 5.74) is 5.72. The molecular formula is C42H47ClN2O5. The van der Waals surface area contributed by atoms with Gasteiger partial charge in [0.2, 0.25) is 0 Å². The number of nitrogens with one attached hydrogen (secondary N) is 1. The lowest BCUT2D eigenvalue weighted by atomic mass is 9.59. The Hall–Kier alpha value is -4.07. The first kappa shape index (κ1) is 34.4. The molecule has 8 heteroatoms. The van der Waals surface area contributed by atoms with Crippen molar-refractivity contribution in [3.8, 4) is 11.5 Å². The molecular weight excluding hydrogens is 648 g/mol. The van der Waals surface area contributed by atoms with Gasteiger partial charge in [0, 0.05) is 22.5 Å². The second-order valence-electron chi connectivity index (χ2n) is 14.8. The quantitative estimate of drug-likeness (QED) is 0.153. The minimum atomic E-state index is -1.03. The number of hydrogen-bond donors (Lipinski definition) is 2. The highest BCUT2D eigenvalue weighted by molar-refractivity contribution is 6.30. The maximum Gasteiger partial charge on any atom is 0.329 e. The first-order chi connectivity index (χ1) is 24.2. The zero-order valence-corrected chi connectivity index (χ0v) is 29.9. The second kappa shape index (κ2) is 14.3. The molecule has 0 radical (unpaired) electrons. The SMILES string of the molecule is COc1ccc(COC2CC(C)c3c(OC[C@H](C)C[C@H]4Cc5ccccc5C45CCC(Nc4cccc(Cl)c4)(C(=O)O)CC5)ccnc32)cc1. The molecule has 3 aliphatic carbocycles. The van der Waals surface area contributed by atoms with Gasteiger partial charge in [-0.2, -0.15) is 0 Å². The Morgan fingerprint density at radius 1 is 1.04 bits per heavy atom. The third-order valence-corrected chi connectivity index (χ3v) is 11.8. The number of anilines is 1. The lowest BCUT2D eigenvalue weighted by Crippen LogP contribution is -2.53. The van der Waals surface area contributed by atoms with Gasteiger partial charge in [-0.1, -0.05) is 67.9 Å². The maximum atomic E-state index is 12.8. The summed E-state index contributed by atoms with van der Waals surface area (Å²) in [6, 6.07) is 26.2. The van der Waals surface area contributed by atoms with Crippen LogP contribution in [-0.2, 0) is 28.0 Å². The van der Waals surface area contributed by atoms with Crippen LogP contribution in [0.4, 0.5) is 5.69 Å². The fraction of sp³-hybridized carbons (Fsp3) is 0.429. The number of halogens is 1. The van der Waals surface area contributed by atoms with E-state index < -0.39 is 11.5 Å². The number of aromatic nitrogens is 1. The highest BCUT2D eigenvalue weighted by Crippen LogP contribution is 2.56. The van der Waals surface area contributed by atoms with Crippen LogP contribution in [0, 0.1) is 11.8 Å². The van der Waals surface area contributed by atoms with Crippen LogP contribution < -0.4 is 14.8 Å². The first-order valence-electron chi connectivity index (χ1n) is 17.9. The van der Waals surface area contributed by atoms with Gasteiger partial charge < -0.3 is 24.6 Å². The molecule has 262 valence electrons. The van der Waals surface area contributed by atoms with Crippen molar-refractivity contribution in [1.29, 1.82) is 0 Å². The summed E-state index contributed by atoms with van der Waals surface area (Å²) >= 11 is 6.25. The van der Waals surface area contributed by atoms with E-state index in [1.54, 1.807) is 19.2 Å². The Balaban J connectivity index is 1.02. The molecule has 1 fully saturated rings. The zero-order chi connectivity index (χ0) is 34.9. The summed E-state index contributed by atoms with van der Waals surface area (Å²) in [7, 11) is 1.67. The zero-order valence-electron chi connectivity index (χ0n) is 29.2. The van der Waals surface area contributed by atoms with Crippen molar-refractivity contribution in [3.05, 3.63) is 118 Å². The van der Waals surface area contributed by atoms with Crippen molar-refractivity contribution >= 4 is 23.3 Å². The van der Waals surface area contributed by atoms with E-state index in [0.29, 0.717) is 42.9 Å². The smallest absolute Gasteiger partial charge is 0.329 e. The van der Waals surface area contributed by atoms with Gasteiger partial charge in [0.15, 0.2) is 0 Å². The molecule has 50 heavy (non-hydrogen) atoms. The van der Waals surface area contributed by atoms with Gasteiger partial charge in [0.05, 0.1) is 26.0 Å². The summed E-state index contributed by atoms with van der Waals surface area (Å²) < 4.78 is 18.3. The van der Waals surface area contributed by atoms with Crippen LogP contribution in [0.25, 0.3) is 0 Å². The number of carbonyl (C=O) groups is 1. The second-order valence-corrected chi connectivity index (χ2v) is 15.2. The van der Waals surface area contributed by atoms with Crippen LogP contribution in [0.5, 0.6) is 11.5 Å². The predicted molar refractivity (Wildman–Crippen MR) is 196 cm³/mol. The molecule has 4 atom stereocenters. The molecule has 3 aliphatic rings. The Labute approximate surface area is 300 Å². The fourth-order valence-electron chi connectivity index (χ4n) is 8.96. The number of benzene rings is 3. The molecule has 0 amide bonds. The van der Waals surface area contributed by atoms with E-state index in [1.807, 2.05) is 48.7 Å². The van der Waals surface area contributed by atoms with Gasteiger partial charge in [-0.05, 0) is 121 Å². The standard InChI is InChI=1S/C42H47ClN2O5/c1-27(25-49-36-15-20-44-39-37(22-28(2)38(36)39)50-26-29-11-13-34(48-3)14-12-29)21-31-23-30-7-4-5-10-35(30)41(31)16-18-42(19-17-41,40(46)47)45-33-9-6-8-32(43)24-33/h4-15,20,24,27-28,31,37,45H,16-19,21-23,25-26H2,1-3H3,(H,46,47)/t27-,28?,31+,37?,41?,42?/m1/s1. The third kappa shape index (κ3) is 6.70. The van der Waals surface area contributed by atoms with Gasteiger partial charge in [-0.15, -0.1) is 0 Å². The van der Waals surface area contributed by atoms with Crippen molar-refractivity contribution < 1.29 is 24.1 Å². The van der Waals surface area contributed by atoms with Gasteiger partial charge in [0.1, 0.15) is 23.1 Å². The van der Waals surface area contributed by atoms with Crippen LogP contribution in [0.15, 0.2) is 85.1 Å². The molecule has 2 N–H and O–H groups in total. The number of carboxylic acids is 1. The number of fused-ring (bicyclic) bond motifs is 3. The molecule has 3 aromatic carbocycles. The summed E-state index contributed by atoms with van der Waals surface area (Å²) in [6.07, 6.45) is 7.39. The number of ether oxygens (including phenoxy) is 3. The third-order valence-electron chi connectivity index (χ3n) is 11.6. The van der Waals surface area contributed by atoms with E-state index in [9.17, 15) is 9.90 Å². The molecule has 1 spiro atoms. The van der Waals surface area contributed by atoms with Crippen LogP contribution in [0.1, 0.15) is 92.3 Å². The van der Waals surface area contributed by atoms with E-state index >= 15 is 0 Å². The van der Waals surface area contributed by atoms with Crippen molar-refractivity contribution in [2.75, 3.05) is 19.0 Å². The van der Waals surface area contributed by atoms with Crippen LogP contribution in [0.2, 0.25) is 5.02 Å². The summed E-state index contributed by atoms with van der Waals surface area (Å²) in [6.45, 7) is 5.64. The number of carboxylic acid groups (broad SMARTS) is 1. The molecule has 1 aromatic heterocycles. The summed E-state index contributed by atoms with van der Waals surface area (Å²) in [5.74, 6) is 1.95. The van der Waals surface area contributed by atoms with Crippen LogP contribution in [0.3, 0.4) is 0 Å². The Morgan fingerprint density at radius 2 is 1.82 bits per heavy atom. The normalized spacial score (nSPS) is 25.9. The largest absolute Gasteiger partial charge is 0.497 e. The van der Waals surface area contributed by atoms with E-state index in [0.717, 1.165) is 66.1 Å². The van der Waals surface area contributed by atoms with Gasteiger partial charge >= 0.3 is 5.97 Å². The molecule has 0 aliphatic heterocycles. The number of nitrogens with zero attached hydrogens (tertiary/aromatic N) is 1. The molecule has 2 unspecified atom stereocenters. The molecule has 0 bridgehead atoms. The summed E-state index contributed by atoms with van der Waals surface area (Å²) in [4.78, 5) is 17.6. The van der Waals surface area contributed by atoms with E-state index in [1.165, 1.54) is 11.1 Å². The van der Waals surface area contributed by atoms with Crippen LogP contribution in [-0.4, -0.2) is 35.3 Å². The van der Waals surface area contributed by atoms with Gasteiger partial charge in [-0.25, -0.2) is 4.79 Å². The topological polar surface area (TPSA) is 89.9 Å². The Bertz CT molecular complexity index is 1820. The Morgan fingerprint density at radius 3 is 2.56 bits per heavy atom. The van der Waals surface area contributed by atoms with Crippen molar-refractivity contribution in [1.82, 2.24) is 4.98 Å².